The molecule has 1 heterocycles. The molecule has 10 heteroatoms. The Morgan fingerprint density at radius 1 is 1.13 bits per heavy atom. The average molecular weight is 529 g/mol. The summed E-state index contributed by atoms with van der Waals surface area (Å²) in [5.41, 5.74) is -0.0934. The number of rotatable bonds is 6. The molecule has 0 unspecified atom stereocenters. The van der Waals surface area contributed by atoms with Crippen LogP contribution in [0, 0.1) is 0 Å². The molecule has 0 aliphatic heterocycles. The molecule has 0 aliphatic rings. The highest BCUT2D eigenvalue weighted by atomic mass is 127. The summed E-state index contributed by atoms with van der Waals surface area (Å²) < 4.78 is 7.23. The molecule has 2 rings (SSSR count). The second-order valence-electron chi connectivity index (χ2n) is 8.24. The lowest BCUT2D eigenvalue weighted by molar-refractivity contribution is 0.0474. The predicted octanol–water partition coefficient (Wildman–Crippen LogP) is 2.85. The molecule has 0 bridgehead atoms. The van der Waals surface area contributed by atoms with Crippen LogP contribution in [-0.2, 0) is 11.3 Å². The maximum Gasteiger partial charge on any atom is 0.408 e. The number of guanidine groups is 1. The van der Waals surface area contributed by atoms with Crippen LogP contribution < -0.4 is 16.0 Å². The first-order valence-corrected chi connectivity index (χ1v) is 9.50. The van der Waals surface area contributed by atoms with E-state index in [2.05, 4.69) is 31.1 Å². The van der Waals surface area contributed by atoms with Gasteiger partial charge >= 0.3 is 6.09 Å². The van der Waals surface area contributed by atoms with Crippen LogP contribution in [0.5, 0.6) is 0 Å². The SMILES string of the molecule is CN=C(NCc1nncn1-c1ccccc1)NCC(C)(C)NC(=O)OC(C)(C)C.I. The molecule has 0 aliphatic carbocycles. The van der Waals surface area contributed by atoms with Gasteiger partial charge in [-0.15, -0.1) is 34.2 Å². The number of aromatic nitrogens is 3. The summed E-state index contributed by atoms with van der Waals surface area (Å²) in [6, 6.07) is 9.87. The Labute approximate surface area is 195 Å². The van der Waals surface area contributed by atoms with E-state index in [0.29, 0.717) is 19.0 Å². The number of para-hydroxylation sites is 1. The fourth-order valence-corrected chi connectivity index (χ4v) is 2.50. The third kappa shape index (κ3) is 8.56. The highest BCUT2D eigenvalue weighted by Crippen LogP contribution is 2.10. The van der Waals surface area contributed by atoms with Crippen LogP contribution in [0.4, 0.5) is 4.79 Å². The average Bonchev–Trinajstić information content (AvgIpc) is 3.09. The summed E-state index contributed by atoms with van der Waals surface area (Å²) >= 11 is 0. The van der Waals surface area contributed by atoms with Crippen molar-refractivity contribution < 1.29 is 9.53 Å². The standard InChI is InChI=1S/C20H31N7O2.HI/c1-19(2,3)29-18(28)25-20(4,5)13-23-17(21-6)22-12-16-26-24-14-27(16)15-10-8-7-9-11-15;/h7-11,14H,12-13H2,1-6H3,(H,25,28)(H2,21,22,23);1H. The molecule has 0 atom stereocenters. The molecule has 1 amide bonds. The van der Waals surface area contributed by atoms with E-state index in [1.165, 1.54) is 0 Å². The van der Waals surface area contributed by atoms with Crippen LogP contribution in [0.25, 0.3) is 5.69 Å². The maximum atomic E-state index is 12.0. The number of nitrogens with zero attached hydrogens (tertiary/aromatic N) is 4. The minimum atomic E-state index is -0.542. The molecule has 0 saturated heterocycles. The van der Waals surface area contributed by atoms with E-state index in [1.54, 1.807) is 13.4 Å². The van der Waals surface area contributed by atoms with Crippen LogP contribution in [0.15, 0.2) is 41.7 Å². The molecular formula is C20H32IN7O2. The number of hydrogen-bond donors (Lipinski definition) is 3. The predicted molar refractivity (Wildman–Crippen MR) is 128 cm³/mol. The number of ether oxygens (including phenoxy) is 1. The van der Waals surface area contributed by atoms with Gasteiger partial charge in [0.25, 0.3) is 0 Å². The first-order chi connectivity index (χ1) is 13.6. The van der Waals surface area contributed by atoms with E-state index in [4.69, 9.17) is 4.74 Å². The van der Waals surface area contributed by atoms with Gasteiger partial charge in [0, 0.05) is 19.3 Å². The van der Waals surface area contributed by atoms with Crippen molar-refractivity contribution in [3.63, 3.8) is 0 Å². The van der Waals surface area contributed by atoms with E-state index in [9.17, 15) is 4.79 Å². The van der Waals surface area contributed by atoms with Gasteiger partial charge in [0.15, 0.2) is 11.8 Å². The van der Waals surface area contributed by atoms with Crippen molar-refractivity contribution in [1.29, 1.82) is 0 Å². The van der Waals surface area contributed by atoms with Crippen LogP contribution in [-0.4, -0.2) is 51.5 Å². The number of carbonyl (C=O) groups is 1. The van der Waals surface area contributed by atoms with E-state index < -0.39 is 17.2 Å². The highest BCUT2D eigenvalue weighted by molar-refractivity contribution is 14.0. The normalized spacial score (nSPS) is 12.0. The Hall–Kier alpha value is -2.37. The summed E-state index contributed by atoms with van der Waals surface area (Å²) in [6.07, 6.45) is 1.22. The van der Waals surface area contributed by atoms with E-state index in [0.717, 1.165) is 11.5 Å². The monoisotopic (exact) mass is 529 g/mol. The van der Waals surface area contributed by atoms with Crippen molar-refractivity contribution in [1.82, 2.24) is 30.7 Å². The lowest BCUT2D eigenvalue weighted by atomic mass is 10.1. The molecule has 0 fully saturated rings. The Balaban J connectivity index is 0.00000450. The summed E-state index contributed by atoms with van der Waals surface area (Å²) in [5, 5.41) is 17.5. The molecule has 166 valence electrons. The summed E-state index contributed by atoms with van der Waals surface area (Å²) in [5.74, 6) is 1.34. The number of hydrogen-bond acceptors (Lipinski definition) is 5. The Morgan fingerprint density at radius 2 is 1.80 bits per heavy atom. The number of halogens is 1. The number of aliphatic imine (C=N–C) groups is 1. The molecule has 0 radical (unpaired) electrons. The second kappa shape index (κ2) is 11.1. The van der Waals surface area contributed by atoms with Crippen LogP contribution >= 0.6 is 24.0 Å². The molecule has 0 saturated carbocycles. The van der Waals surface area contributed by atoms with Crippen molar-refractivity contribution in [2.75, 3.05) is 13.6 Å². The molecule has 1 aromatic carbocycles. The van der Waals surface area contributed by atoms with Gasteiger partial charge in [-0.25, -0.2) is 4.79 Å². The van der Waals surface area contributed by atoms with Gasteiger partial charge in [-0.1, -0.05) is 18.2 Å². The molecular weight excluding hydrogens is 497 g/mol. The topological polar surface area (TPSA) is 105 Å². The van der Waals surface area contributed by atoms with E-state index in [-0.39, 0.29) is 24.0 Å². The Bertz CT molecular complexity index is 829. The fourth-order valence-electron chi connectivity index (χ4n) is 2.50. The zero-order valence-electron chi connectivity index (χ0n) is 18.4. The van der Waals surface area contributed by atoms with Crippen molar-refractivity contribution in [3.05, 3.63) is 42.5 Å². The Morgan fingerprint density at radius 3 is 2.40 bits per heavy atom. The van der Waals surface area contributed by atoms with Gasteiger partial charge in [-0.3, -0.25) is 9.56 Å². The van der Waals surface area contributed by atoms with Crippen molar-refractivity contribution in [2.24, 2.45) is 4.99 Å². The van der Waals surface area contributed by atoms with E-state index >= 15 is 0 Å². The number of nitrogens with one attached hydrogen (secondary N) is 3. The van der Waals surface area contributed by atoms with Crippen molar-refractivity contribution in [3.8, 4) is 5.69 Å². The third-order valence-electron chi connectivity index (χ3n) is 3.83. The molecule has 9 nitrogen and oxygen atoms in total. The molecule has 30 heavy (non-hydrogen) atoms. The molecule has 3 N–H and O–H groups in total. The fraction of sp³-hybridized carbons (Fsp3) is 0.500. The zero-order chi connectivity index (χ0) is 21.5. The third-order valence-corrected chi connectivity index (χ3v) is 3.83. The highest BCUT2D eigenvalue weighted by Gasteiger charge is 2.24. The largest absolute Gasteiger partial charge is 0.444 e. The minimum absolute atomic E-state index is 0. The number of benzene rings is 1. The lowest BCUT2D eigenvalue weighted by Crippen LogP contribution is -2.54. The molecule has 1 aromatic heterocycles. The quantitative estimate of drug-likeness (QED) is 0.302. The summed E-state index contributed by atoms with van der Waals surface area (Å²) in [4.78, 5) is 16.2. The van der Waals surface area contributed by atoms with Gasteiger partial charge in [0.1, 0.15) is 11.9 Å². The van der Waals surface area contributed by atoms with Crippen LogP contribution in [0.2, 0.25) is 0 Å². The van der Waals surface area contributed by atoms with E-state index in [1.807, 2.05) is 69.5 Å². The van der Waals surface area contributed by atoms with Gasteiger partial charge in [0.05, 0.1) is 12.1 Å². The van der Waals surface area contributed by atoms with Gasteiger partial charge in [-0.05, 0) is 46.8 Å². The molecule has 2 aromatic rings. The number of carbonyl (C=O) groups excluding carboxylic acids is 1. The first kappa shape index (κ1) is 25.7. The smallest absolute Gasteiger partial charge is 0.408 e. The number of alkyl carbamates (subject to hydrolysis) is 1. The second-order valence-corrected chi connectivity index (χ2v) is 8.24. The first-order valence-electron chi connectivity index (χ1n) is 9.50. The summed E-state index contributed by atoms with van der Waals surface area (Å²) in [6.45, 7) is 10.2. The molecule has 0 spiro atoms. The van der Waals surface area contributed by atoms with Gasteiger partial charge in [0.2, 0.25) is 0 Å². The Kier molecular flexibility index (Phi) is 9.53. The van der Waals surface area contributed by atoms with Gasteiger partial charge in [-0.2, -0.15) is 0 Å². The minimum Gasteiger partial charge on any atom is -0.444 e. The lowest BCUT2D eigenvalue weighted by Gasteiger charge is -2.29. The zero-order valence-corrected chi connectivity index (χ0v) is 20.7. The maximum absolute atomic E-state index is 12.0. The number of amides is 1. The van der Waals surface area contributed by atoms with Crippen LogP contribution in [0.3, 0.4) is 0 Å². The van der Waals surface area contributed by atoms with Crippen molar-refractivity contribution >= 4 is 36.0 Å². The van der Waals surface area contributed by atoms with Gasteiger partial charge < -0.3 is 20.7 Å². The van der Waals surface area contributed by atoms with Crippen LogP contribution in [0.1, 0.15) is 40.4 Å². The van der Waals surface area contributed by atoms with Crippen molar-refractivity contribution in [2.45, 2.75) is 52.3 Å². The summed E-state index contributed by atoms with van der Waals surface area (Å²) in [7, 11) is 1.69.